The van der Waals surface area contributed by atoms with Crippen LogP contribution in [0.15, 0.2) is 24.3 Å². The van der Waals surface area contributed by atoms with E-state index in [2.05, 4.69) is 53.9 Å². The van der Waals surface area contributed by atoms with Gasteiger partial charge in [-0.15, -0.1) is 5.54 Å². The van der Waals surface area contributed by atoms with Gasteiger partial charge in [0.1, 0.15) is 14.1 Å². The average Bonchev–Trinajstić information content (AvgIpc) is 2.83. The normalized spacial score (nSPS) is 13.7. The minimum Gasteiger partial charge on any atom is -0.354 e. The van der Waals surface area contributed by atoms with Gasteiger partial charge in [0.25, 0.3) is 0 Å². The number of aryl methyl sites for hydroxylation is 1. The first-order chi connectivity index (χ1) is 16.5. The van der Waals surface area contributed by atoms with Gasteiger partial charge in [-0.05, 0) is 43.4 Å². The number of Topliss-reactive ketones (excluding diaryl/α,β-unsaturated/α-hetero) is 1. The quantitative estimate of drug-likeness (QED) is 0.115. The van der Waals surface area contributed by atoms with Crippen LogP contribution >= 0.6 is 0 Å². The summed E-state index contributed by atoms with van der Waals surface area (Å²) >= 11 is 0. The first-order valence-electron chi connectivity index (χ1n) is 12.1. The molecule has 0 bridgehead atoms. The maximum Gasteiger partial charge on any atom is 0.242 e. The Balaban J connectivity index is 2.58. The van der Waals surface area contributed by atoms with E-state index in [4.69, 9.17) is 22.9 Å². The summed E-state index contributed by atoms with van der Waals surface area (Å²) < 4.78 is 0. The summed E-state index contributed by atoms with van der Waals surface area (Å²) in [7, 11) is -1.42. The highest BCUT2D eigenvalue weighted by Crippen LogP contribution is 2.09. The van der Waals surface area contributed by atoms with Gasteiger partial charge in [0.05, 0.1) is 12.1 Å². The van der Waals surface area contributed by atoms with E-state index in [9.17, 15) is 14.4 Å². The predicted octanol–water partition coefficient (Wildman–Crippen LogP) is -0.239. The van der Waals surface area contributed by atoms with Crippen LogP contribution in [0.4, 0.5) is 0 Å². The van der Waals surface area contributed by atoms with Crippen LogP contribution in [-0.2, 0) is 20.8 Å². The molecule has 0 fully saturated rings. The van der Waals surface area contributed by atoms with Crippen LogP contribution in [0, 0.1) is 11.5 Å². The molecule has 1 aromatic carbocycles. The van der Waals surface area contributed by atoms with Gasteiger partial charge in [0.2, 0.25) is 11.8 Å². The predicted molar refractivity (Wildman–Crippen MR) is 143 cm³/mol. The lowest BCUT2D eigenvalue weighted by molar-refractivity contribution is -0.130. The number of carbonyl (C=O) groups excluding carboxylic acids is 3. The summed E-state index contributed by atoms with van der Waals surface area (Å²) in [6.07, 6.45) is 2.63. The van der Waals surface area contributed by atoms with E-state index in [-0.39, 0.29) is 37.6 Å². The third-order valence-corrected chi connectivity index (χ3v) is 6.15. The van der Waals surface area contributed by atoms with Crippen LogP contribution in [0.1, 0.15) is 36.8 Å². The van der Waals surface area contributed by atoms with Crippen LogP contribution in [0.5, 0.6) is 0 Å². The number of ketones is 1. The third kappa shape index (κ3) is 12.6. The number of hydrogen-bond acceptors (Lipinski definition) is 7. The van der Waals surface area contributed by atoms with Gasteiger partial charge in [-0.25, -0.2) is 0 Å². The molecule has 1 aromatic rings. The van der Waals surface area contributed by atoms with E-state index in [0.717, 1.165) is 24.8 Å². The molecule has 0 aliphatic carbocycles. The minimum absolute atomic E-state index is 0.0194. The first-order valence-corrected chi connectivity index (χ1v) is 15.6. The Morgan fingerprint density at radius 3 is 2.31 bits per heavy atom. The highest BCUT2D eigenvalue weighted by Gasteiger charge is 2.24. The molecule has 3 unspecified atom stereocenters. The Bertz CT molecular complexity index is 906. The fraction of sp³-hybridized carbons (Fsp3) is 0.560. The number of carbonyl (C=O) groups is 3. The third-order valence-electron chi connectivity index (χ3n) is 5.27. The number of unbranched alkanes of at least 4 members (excludes halogenated alkanes) is 1. The molecule has 0 heterocycles. The molecule has 0 saturated carbocycles. The van der Waals surface area contributed by atoms with E-state index < -0.39 is 32.1 Å². The SMILES string of the molecule is C[Si](C)(C)C#Cc1cccc(CCCCNC(=O)C(CCC(=O)C(N)CN)NC(=O)C(N)CN)c1. The summed E-state index contributed by atoms with van der Waals surface area (Å²) in [6, 6.07) is 5.60. The fourth-order valence-electron chi connectivity index (χ4n) is 3.11. The number of amides is 2. The fourth-order valence-corrected chi connectivity index (χ4v) is 3.63. The van der Waals surface area contributed by atoms with Gasteiger partial charge in [-0.3, -0.25) is 14.4 Å². The van der Waals surface area contributed by atoms with Crippen LogP contribution in [0.25, 0.3) is 0 Å². The van der Waals surface area contributed by atoms with Crippen molar-refractivity contribution in [2.24, 2.45) is 22.9 Å². The van der Waals surface area contributed by atoms with Gasteiger partial charge >= 0.3 is 0 Å². The molecule has 0 saturated heterocycles. The zero-order valence-electron chi connectivity index (χ0n) is 21.2. The molecular formula is C25H42N6O3Si. The maximum absolute atomic E-state index is 12.7. The van der Waals surface area contributed by atoms with Crippen molar-refractivity contribution in [3.8, 4) is 11.5 Å². The Hall–Kier alpha value is -2.55. The largest absolute Gasteiger partial charge is 0.354 e. The number of nitrogens with one attached hydrogen (secondary N) is 2. The lowest BCUT2D eigenvalue weighted by Crippen LogP contribution is -2.53. The Labute approximate surface area is 210 Å². The van der Waals surface area contributed by atoms with E-state index in [1.807, 2.05) is 12.1 Å². The van der Waals surface area contributed by atoms with Crippen molar-refractivity contribution in [3.63, 3.8) is 0 Å². The zero-order chi connectivity index (χ0) is 26.4. The van der Waals surface area contributed by atoms with Crippen molar-refractivity contribution in [1.29, 1.82) is 0 Å². The molecular weight excluding hydrogens is 460 g/mol. The maximum atomic E-state index is 12.7. The summed E-state index contributed by atoms with van der Waals surface area (Å²) in [5.74, 6) is 2.10. The van der Waals surface area contributed by atoms with Gasteiger partial charge in [-0.2, -0.15) is 0 Å². The Kier molecular flexibility index (Phi) is 13.4. The molecule has 9 nitrogen and oxygen atoms in total. The second-order valence-corrected chi connectivity index (χ2v) is 14.4. The van der Waals surface area contributed by atoms with Crippen molar-refractivity contribution in [1.82, 2.24) is 10.6 Å². The Morgan fingerprint density at radius 1 is 1.00 bits per heavy atom. The van der Waals surface area contributed by atoms with E-state index >= 15 is 0 Å². The number of hydrogen-bond donors (Lipinski definition) is 6. The second-order valence-electron chi connectivity index (χ2n) is 9.70. The van der Waals surface area contributed by atoms with Gasteiger partial charge in [-0.1, -0.05) is 37.7 Å². The van der Waals surface area contributed by atoms with Gasteiger partial charge < -0.3 is 33.6 Å². The number of benzene rings is 1. The highest BCUT2D eigenvalue weighted by atomic mass is 28.3. The lowest BCUT2D eigenvalue weighted by atomic mass is 10.0. The summed E-state index contributed by atoms with van der Waals surface area (Å²) in [6.45, 7) is 7.06. The van der Waals surface area contributed by atoms with Gasteiger partial charge in [0, 0.05) is 31.6 Å². The second kappa shape index (κ2) is 15.4. The van der Waals surface area contributed by atoms with E-state index in [1.165, 1.54) is 5.56 Å². The average molecular weight is 503 g/mol. The van der Waals surface area contributed by atoms with E-state index in [1.54, 1.807) is 0 Å². The lowest BCUT2D eigenvalue weighted by Gasteiger charge is -2.20. The molecule has 194 valence electrons. The molecule has 0 aliphatic heterocycles. The summed E-state index contributed by atoms with van der Waals surface area (Å²) in [5.41, 5.74) is 27.8. The minimum atomic E-state index is -1.42. The van der Waals surface area contributed by atoms with Crippen molar-refractivity contribution >= 4 is 25.7 Å². The molecule has 10 heteroatoms. The van der Waals surface area contributed by atoms with Gasteiger partial charge in [0.15, 0.2) is 5.78 Å². The molecule has 0 radical (unpaired) electrons. The van der Waals surface area contributed by atoms with Crippen LogP contribution in [-0.4, -0.2) is 63.4 Å². The van der Waals surface area contributed by atoms with E-state index in [0.29, 0.717) is 6.54 Å². The van der Waals surface area contributed by atoms with Crippen molar-refractivity contribution in [3.05, 3.63) is 35.4 Å². The molecule has 2 amide bonds. The van der Waals surface area contributed by atoms with Crippen molar-refractivity contribution in [2.45, 2.75) is 69.9 Å². The van der Waals surface area contributed by atoms with Crippen LogP contribution < -0.4 is 33.6 Å². The number of nitrogens with two attached hydrogens (primary N) is 4. The summed E-state index contributed by atoms with van der Waals surface area (Å²) in [5, 5.41) is 5.42. The van der Waals surface area contributed by atoms with Crippen molar-refractivity contribution < 1.29 is 14.4 Å². The molecule has 0 aliphatic rings. The zero-order valence-corrected chi connectivity index (χ0v) is 22.2. The molecule has 0 aromatic heterocycles. The summed E-state index contributed by atoms with van der Waals surface area (Å²) in [4.78, 5) is 36.9. The highest BCUT2D eigenvalue weighted by molar-refractivity contribution is 6.83. The standard InChI is InChI=1S/C25H42N6O3Si/c1-35(2,3)14-12-19-9-6-8-18(15-19)7-4-5-13-30-25(34)22(31-24(33)21(29)17-27)10-11-23(32)20(28)16-26/h6,8-9,15,20-22H,4-5,7,10-11,13,16-17,26-29H2,1-3H3,(H,30,34)(H,31,33). The molecule has 10 N–H and O–H groups in total. The van der Waals surface area contributed by atoms with Crippen LogP contribution in [0.2, 0.25) is 19.6 Å². The first kappa shape index (κ1) is 30.5. The van der Waals surface area contributed by atoms with Crippen LogP contribution in [0.3, 0.4) is 0 Å². The Morgan fingerprint density at radius 2 is 1.69 bits per heavy atom. The molecule has 3 atom stereocenters. The molecule has 1 rings (SSSR count). The monoisotopic (exact) mass is 502 g/mol. The van der Waals surface area contributed by atoms with Crippen molar-refractivity contribution in [2.75, 3.05) is 19.6 Å². The topological polar surface area (TPSA) is 179 Å². The smallest absolute Gasteiger partial charge is 0.242 e. The molecule has 0 spiro atoms. The molecule has 35 heavy (non-hydrogen) atoms. The number of rotatable bonds is 14.